The number of anilines is 3. The van der Waals surface area contributed by atoms with Crippen LogP contribution in [0.2, 0.25) is 0 Å². The number of carbonyl (C=O) groups is 1. The largest absolute Gasteiger partial charge is 0.423 e. The second-order valence-corrected chi connectivity index (χ2v) is 9.70. The number of ether oxygens (including phenoxy) is 1. The van der Waals surface area contributed by atoms with Crippen molar-refractivity contribution in [3.8, 4) is 16.9 Å². The first-order chi connectivity index (χ1) is 18.5. The lowest BCUT2D eigenvalue weighted by Crippen LogP contribution is -2.11. The number of nitrogens with zero attached hydrogens (tertiary/aromatic N) is 1. The van der Waals surface area contributed by atoms with Crippen molar-refractivity contribution in [1.29, 1.82) is 0 Å². The number of para-hydroxylation sites is 2. The van der Waals surface area contributed by atoms with Crippen LogP contribution in [0.3, 0.4) is 0 Å². The Morgan fingerprint density at radius 1 is 0.658 bits per heavy atom. The molecule has 0 saturated carbocycles. The van der Waals surface area contributed by atoms with E-state index in [1.54, 1.807) is 0 Å². The van der Waals surface area contributed by atoms with Gasteiger partial charge in [0, 0.05) is 17.1 Å². The lowest BCUT2D eigenvalue weighted by atomic mass is 9.94. The smallest absolute Gasteiger partial charge is 0.343 e. The van der Waals surface area contributed by atoms with Gasteiger partial charge in [-0.3, -0.25) is 0 Å². The number of hydrogen-bond acceptors (Lipinski definition) is 3. The molecule has 0 aliphatic carbocycles. The molecule has 0 atom stereocenters. The second-order valence-electron chi connectivity index (χ2n) is 9.70. The van der Waals surface area contributed by atoms with Crippen molar-refractivity contribution in [3.63, 3.8) is 0 Å². The minimum Gasteiger partial charge on any atom is -0.423 e. The molecule has 5 aromatic carbocycles. The third-order valence-electron chi connectivity index (χ3n) is 6.69. The molecule has 0 unspecified atom stereocenters. The van der Waals surface area contributed by atoms with Crippen LogP contribution in [0, 0.1) is 6.92 Å². The minimum absolute atomic E-state index is 0.381. The zero-order chi connectivity index (χ0) is 26.5. The minimum atomic E-state index is -0.381. The number of rotatable bonds is 7. The third-order valence-corrected chi connectivity index (χ3v) is 6.69. The lowest BCUT2D eigenvalue weighted by Gasteiger charge is -2.25. The maximum absolute atomic E-state index is 12.9. The van der Waals surface area contributed by atoms with Crippen LogP contribution in [0.15, 0.2) is 127 Å². The highest BCUT2D eigenvalue weighted by Crippen LogP contribution is 2.34. The van der Waals surface area contributed by atoms with Crippen LogP contribution < -0.4 is 9.64 Å². The second kappa shape index (κ2) is 11.2. The van der Waals surface area contributed by atoms with Crippen LogP contribution in [0.4, 0.5) is 17.1 Å². The van der Waals surface area contributed by atoms with Gasteiger partial charge >= 0.3 is 5.97 Å². The van der Waals surface area contributed by atoms with Crippen molar-refractivity contribution in [2.24, 2.45) is 0 Å². The van der Waals surface area contributed by atoms with E-state index >= 15 is 0 Å². The zero-order valence-electron chi connectivity index (χ0n) is 22.0. The Balaban J connectivity index is 1.33. The summed E-state index contributed by atoms with van der Waals surface area (Å²) in [6.45, 7) is 6.52. The van der Waals surface area contributed by atoms with Crippen molar-refractivity contribution in [3.05, 3.63) is 144 Å². The molecule has 0 spiro atoms. The quantitative estimate of drug-likeness (QED) is 0.166. The van der Waals surface area contributed by atoms with E-state index in [0.717, 1.165) is 22.6 Å². The van der Waals surface area contributed by atoms with Gasteiger partial charge < -0.3 is 9.64 Å². The van der Waals surface area contributed by atoms with Gasteiger partial charge in [0.1, 0.15) is 5.75 Å². The summed E-state index contributed by atoms with van der Waals surface area (Å²) >= 11 is 0. The topological polar surface area (TPSA) is 29.5 Å². The molecule has 3 nitrogen and oxygen atoms in total. The Morgan fingerprint density at radius 2 is 1.21 bits per heavy atom. The van der Waals surface area contributed by atoms with Gasteiger partial charge in [0.2, 0.25) is 0 Å². The van der Waals surface area contributed by atoms with E-state index in [-0.39, 0.29) is 5.97 Å². The summed E-state index contributed by atoms with van der Waals surface area (Å²) in [5.74, 6) is 0.609. The van der Waals surface area contributed by atoms with E-state index < -0.39 is 0 Å². The van der Waals surface area contributed by atoms with Gasteiger partial charge in [-0.2, -0.15) is 0 Å². The van der Waals surface area contributed by atoms with E-state index in [9.17, 15) is 4.79 Å². The Hall–Kier alpha value is -4.63. The summed E-state index contributed by atoms with van der Waals surface area (Å²) in [5.41, 5.74) is 8.39. The predicted molar refractivity (Wildman–Crippen MR) is 157 cm³/mol. The average Bonchev–Trinajstić information content (AvgIpc) is 2.95. The van der Waals surface area contributed by atoms with Crippen LogP contribution >= 0.6 is 0 Å². The molecule has 0 saturated heterocycles. The highest BCUT2D eigenvalue weighted by Gasteiger charge is 2.14. The number of benzene rings is 5. The van der Waals surface area contributed by atoms with Crippen LogP contribution in [0.1, 0.15) is 41.3 Å². The summed E-state index contributed by atoms with van der Waals surface area (Å²) in [6, 6.07) is 42.2. The van der Waals surface area contributed by atoms with Gasteiger partial charge in [0.25, 0.3) is 0 Å². The van der Waals surface area contributed by atoms with Crippen molar-refractivity contribution >= 4 is 23.0 Å². The van der Waals surface area contributed by atoms with Gasteiger partial charge in [0.15, 0.2) is 0 Å². The van der Waals surface area contributed by atoms with E-state index in [1.807, 2.05) is 84.9 Å². The van der Waals surface area contributed by atoms with Gasteiger partial charge in [-0.05, 0) is 95.8 Å². The van der Waals surface area contributed by atoms with Crippen LogP contribution in [-0.2, 0) is 0 Å². The first-order valence-corrected chi connectivity index (χ1v) is 12.9. The monoisotopic (exact) mass is 497 g/mol. The number of carbonyl (C=O) groups excluding carboxylic acids is 1. The average molecular weight is 498 g/mol. The molecule has 0 fully saturated rings. The maximum Gasteiger partial charge on any atom is 0.343 e. The first-order valence-electron chi connectivity index (χ1n) is 12.9. The number of hydrogen-bond donors (Lipinski definition) is 0. The first kappa shape index (κ1) is 25.0. The van der Waals surface area contributed by atoms with E-state index in [4.69, 9.17) is 4.74 Å². The maximum atomic E-state index is 12.9. The van der Waals surface area contributed by atoms with E-state index in [1.165, 1.54) is 16.7 Å². The molecule has 38 heavy (non-hydrogen) atoms. The Kier molecular flexibility index (Phi) is 7.37. The molecule has 5 aromatic rings. The Morgan fingerprint density at radius 3 is 1.76 bits per heavy atom. The number of esters is 1. The molecule has 0 radical (unpaired) electrons. The molecule has 0 aliphatic heterocycles. The fourth-order valence-electron chi connectivity index (χ4n) is 4.53. The van der Waals surface area contributed by atoms with Gasteiger partial charge in [-0.25, -0.2) is 4.79 Å². The normalized spacial score (nSPS) is 10.8. The molecule has 0 aromatic heterocycles. The molecule has 188 valence electrons. The molecule has 0 bridgehead atoms. The standard InChI is InChI=1S/C35H31NO2/c1-25(2)29-15-14-26(3)34(24-29)27-18-22-33(23-19-27)38-35(37)28-16-20-32(21-17-28)36(30-10-6-4-7-11-30)31-12-8-5-9-13-31/h4-25H,1-3H3. The zero-order valence-corrected chi connectivity index (χ0v) is 22.0. The molecule has 0 N–H and O–H groups in total. The molecule has 0 heterocycles. The lowest BCUT2D eigenvalue weighted by molar-refractivity contribution is 0.0735. The summed E-state index contributed by atoms with van der Waals surface area (Å²) in [6.07, 6.45) is 0. The van der Waals surface area contributed by atoms with Crippen LogP contribution in [-0.4, -0.2) is 5.97 Å². The van der Waals surface area contributed by atoms with E-state index in [0.29, 0.717) is 17.2 Å². The van der Waals surface area contributed by atoms with Crippen molar-refractivity contribution in [2.45, 2.75) is 26.7 Å². The fraction of sp³-hybridized carbons (Fsp3) is 0.114. The van der Waals surface area contributed by atoms with Crippen LogP contribution in [0.25, 0.3) is 11.1 Å². The highest BCUT2D eigenvalue weighted by molar-refractivity contribution is 5.92. The molecule has 0 amide bonds. The Bertz CT molecular complexity index is 1470. The van der Waals surface area contributed by atoms with Crippen molar-refractivity contribution in [2.75, 3.05) is 4.90 Å². The predicted octanol–water partition coefficient (Wildman–Crippen LogP) is 9.47. The SMILES string of the molecule is Cc1ccc(C(C)C)cc1-c1ccc(OC(=O)c2ccc(N(c3ccccc3)c3ccccc3)cc2)cc1. The Labute approximate surface area is 225 Å². The summed E-state index contributed by atoms with van der Waals surface area (Å²) < 4.78 is 5.70. The van der Waals surface area contributed by atoms with Gasteiger partial charge in [-0.15, -0.1) is 0 Å². The number of aryl methyl sites for hydroxylation is 1. The summed E-state index contributed by atoms with van der Waals surface area (Å²) in [4.78, 5) is 15.1. The highest BCUT2D eigenvalue weighted by atomic mass is 16.5. The van der Waals surface area contributed by atoms with Crippen molar-refractivity contribution < 1.29 is 9.53 Å². The van der Waals surface area contributed by atoms with E-state index in [2.05, 4.69) is 68.1 Å². The molecular weight excluding hydrogens is 466 g/mol. The van der Waals surface area contributed by atoms with Gasteiger partial charge in [0.05, 0.1) is 5.56 Å². The third kappa shape index (κ3) is 5.52. The summed E-state index contributed by atoms with van der Waals surface area (Å²) in [7, 11) is 0. The van der Waals surface area contributed by atoms with Crippen LogP contribution in [0.5, 0.6) is 5.75 Å². The molecule has 0 aliphatic rings. The van der Waals surface area contributed by atoms with Gasteiger partial charge in [-0.1, -0.05) is 80.6 Å². The molecular formula is C35H31NO2. The van der Waals surface area contributed by atoms with Crippen molar-refractivity contribution in [1.82, 2.24) is 0 Å². The molecule has 5 rings (SSSR count). The fourth-order valence-corrected chi connectivity index (χ4v) is 4.53. The molecule has 3 heteroatoms. The summed E-state index contributed by atoms with van der Waals surface area (Å²) in [5, 5.41) is 0.